The molecule has 0 bridgehead atoms. The monoisotopic (exact) mass is 235 g/mol. The Labute approximate surface area is 101 Å². The fourth-order valence-corrected chi connectivity index (χ4v) is 2.57. The Kier molecular flexibility index (Phi) is 2.72. The molecule has 1 atom stereocenters. The highest BCUT2D eigenvalue weighted by atomic mass is 19.1. The maximum absolute atomic E-state index is 13.9. The molecule has 1 aromatic carbocycles. The first-order valence-corrected chi connectivity index (χ1v) is 6.05. The van der Waals surface area contributed by atoms with Crippen molar-refractivity contribution in [3.8, 4) is 0 Å². The number of hydrogen-bond donors (Lipinski definition) is 0. The summed E-state index contributed by atoms with van der Waals surface area (Å²) in [4.78, 5) is 14.0. The number of amides is 1. The number of carbonyl (C=O) groups is 1. The number of nitrogens with zero attached hydrogens (tertiary/aromatic N) is 1. The lowest BCUT2D eigenvalue weighted by Crippen LogP contribution is -2.41. The standard InChI is InChI=1S/C14H18FNO/c1-5-16-12-10(7-6-8-11(12)15)14(4,9(2)3)13(16)17/h6-9H,5H2,1-4H3. The van der Waals surface area contributed by atoms with Crippen LogP contribution in [0.1, 0.15) is 33.3 Å². The number of carbonyl (C=O) groups excluding carboxylic acids is 1. The molecule has 3 heteroatoms. The number of hydrogen-bond acceptors (Lipinski definition) is 1. The van der Waals surface area contributed by atoms with Crippen LogP contribution < -0.4 is 4.90 Å². The van der Waals surface area contributed by atoms with Gasteiger partial charge in [-0.1, -0.05) is 26.0 Å². The van der Waals surface area contributed by atoms with Gasteiger partial charge in [0, 0.05) is 6.54 Å². The molecule has 1 aliphatic rings. The van der Waals surface area contributed by atoms with Gasteiger partial charge in [0.05, 0.1) is 11.1 Å². The molecule has 2 nitrogen and oxygen atoms in total. The first-order chi connectivity index (χ1) is 7.94. The summed E-state index contributed by atoms with van der Waals surface area (Å²) in [6.07, 6.45) is 0. The van der Waals surface area contributed by atoms with Crippen LogP contribution in [-0.4, -0.2) is 12.5 Å². The highest BCUT2D eigenvalue weighted by Crippen LogP contribution is 2.46. The van der Waals surface area contributed by atoms with E-state index in [0.717, 1.165) is 5.56 Å². The van der Waals surface area contributed by atoms with E-state index in [1.807, 2.05) is 33.8 Å². The fraction of sp³-hybridized carbons (Fsp3) is 0.500. The fourth-order valence-electron chi connectivity index (χ4n) is 2.57. The molecule has 0 aromatic heterocycles. The molecule has 0 aliphatic carbocycles. The number of likely N-dealkylation sites (N-methyl/N-ethyl adjacent to an activating group) is 1. The van der Waals surface area contributed by atoms with Gasteiger partial charge in [-0.15, -0.1) is 0 Å². The van der Waals surface area contributed by atoms with Crippen LogP contribution in [0, 0.1) is 11.7 Å². The maximum atomic E-state index is 13.9. The zero-order chi connectivity index (χ0) is 12.8. The minimum atomic E-state index is -0.604. The van der Waals surface area contributed by atoms with Crippen LogP contribution in [0.15, 0.2) is 18.2 Å². The van der Waals surface area contributed by atoms with Gasteiger partial charge in [-0.2, -0.15) is 0 Å². The van der Waals surface area contributed by atoms with Crippen molar-refractivity contribution in [3.05, 3.63) is 29.6 Å². The van der Waals surface area contributed by atoms with E-state index in [1.54, 1.807) is 11.0 Å². The Morgan fingerprint density at radius 1 is 1.41 bits per heavy atom. The summed E-state index contributed by atoms with van der Waals surface area (Å²) in [5.74, 6) is -0.149. The Morgan fingerprint density at radius 3 is 2.59 bits per heavy atom. The van der Waals surface area contributed by atoms with Gasteiger partial charge in [0.15, 0.2) is 0 Å². The lowest BCUT2D eigenvalue weighted by Gasteiger charge is -2.28. The minimum Gasteiger partial charge on any atom is -0.309 e. The molecule has 2 rings (SSSR count). The first-order valence-electron chi connectivity index (χ1n) is 6.05. The smallest absolute Gasteiger partial charge is 0.237 e. The Balaban J connectivity index is 2.71. The van der Waals surface area contributed by atoms with Crippen molar-refractivity contribution in [2.45, 2.75) is 33.1 Å². The average molecular weight is 235 g/mol. The van der Waals surface area contributed by atoms with E-state index in [1.165, 1.54) is 6.07 Å². The van der Waals surface area contributed by atoms with Crippen molar-refractivity contribution in [1.82, 2.24) is 0 Å². The predicted octanol–water partition coefficient (Wildman–Crippen LogP) is 3.11. The molecule has 0 spiro atoms. The van der Waals surface area contributed by atoms with E-state index >= 15 is 0 Å². The van der Waals surface area contributed by atoms with Crippen molar-refractivity contribution in [2.75, 3.05) is 11.4 Å². The van der Waals surface area contributed by atoms with Gasteiger partial charge in [-0.25, -0.2) is 4.39 Å². The summed E-state index contributed by atoms with van der Waals surface area (Å²) in [6, 6.07) is 4.97. The highest BCUT2D eigenvalue weighted by molar-refractivity contribution is 6.08. The highest BCUT2D eigenvalue weighted by Gasteiger charge is 2.49. The van der Waals surface area contributed by atoms with Crippen LogP contribution in [0.25, 0.3) is 0 Å². The molecule has 0 saturated carbocycles. The third kappa shape index (κ3) is 1.41. The van der Waals surface area contributed by atoms with E-state index in [-0.39, 0.29) is 17.6 Å². The number of benzene rings is 1. The summed E-state index contributed by atoms with van der Waals surface area (Å²) in [5.41, 5.74) is 0.684. The summed E-state index contributed by atoms with van der Waals surface area (Å²) in [6.45, 7) is 8.31. The Bertz CT molecular complexity index is 469. The molecule has 92 valence electrons. The molecule has 1 unspecified atom stereocenters. The quantitative estimate of drug-likeness (QED) is 0.771. The molecule has 1 amide bonds. The molecule has 0 fully saturated rings. The number of para-hydroxylation sites is 1. The van der Waals surface area contributed by atoms with Gasteiger partial charge in [0.2, 0.25) is 5.91 Å². The van der Waals surface area contributed by atoms with Gasteiger partial charge >= 0.3 is 0 Å². The topological polar surface area (TPSA) is 20.3 Å². The summed E-state index contributed by atoms with van der Waals surface area (Å²) in [5, 5.41) is 0. The molecule has 0 saturated heterocycles. The number of halogens is 1. The normalized spacial score (nSPS) is 23.4. The van der Waals surface area contributed by atoms with Crippen LogP contribution in [0.5, 0.6) is 0 Å². The molecule has 1 aliphatic heterocycles. The second kappa shape index (κ2) is 3.83. The van der Waals surface area contributed by atoms with Crippen molar-refractivity contribution in [2.24, 2.45) is 5.92 Å². The van der Waals surface area contributed by atoms with Crippen LogP contribution in [0.3, 0.4) is 0 Å². The van der Waals surface area contributed by atoms with Gasteiger partial charge in [0.25, 0.3) is 0 Å². The second-order valence-corrected chi connectivity index (χ2v) is 5.04. The largest absolute Gasteiger partial charge is 0.309 e. The van der Waals surface area contributed by atoms with E-state index in [0.29, 0.717) is 12.2 Å². The van der Waals surface area contributed by atoms with Crippen molar-refractivity contribution in [3.63, 3.8) is 0 Å². The molecule has 17 heavy (non-hydrogen) atoms. The predicted molar refractivity (Wildman–Crippen MR) is 66.6 cm³/mol. The average Bonchev–Trinajstić information content (AvgIpc) is 2.52. The van der Waals surface area contributed by atoms with Gasteiger partial charge < -0.3 is 4.90 Å². The van der Waals surface area contributed by atoms with Gasteiger partial charge in [0.1, 0.15) is 5.82 Å². The van der Waals surface area contributed by atoms with E-state index < -0.39 is 5.41 Å². The third-order valence-electron chi connectivity index (χ3n) is 3.98. The minimum absolute atomic E-state index is 0.00935. The third-order valence-corrected chi connectivity index (χ3v) is 3.98. The first kappa shape index (κ1) is 12.1. The SMILES string of the molecule is CCN1C(=O)C(C)(C(C)C)c2cccc(F)c21. The number of fused-ring (bicyclic) bond motifs is 1. The van der Waals surface area contributed by atoms with Crippen LogP contribution >= 0.6 is 0 Å². The van der Waals surface area contributed by atoms with Crippen molar-refractivity contribution >= 4 is 11.6 Å². The van der Waals surface area contributed by atoms with Crippen LogP contribution in [0.4, 0.5) is 10.1 Å². The van der Waals surface area contributed by atoms with E-state index in [4.69, 9.17) is 0 Å². The van der Waals surface area contributed by atoms with Crippen LogP contribution in [0.2, 0.25) is 0 Å². The summed E-state index contributed by atoms with van der Waals surface area (Å²) in [7, 11) is 0. The molecule has 1 aromatic rings. The zero-order valence-electron chi connectivity index (χ0n) is 10.7. The summed E-state index contributed by atoms with van der Waals surface area (Å²) >= 11 is 0. The van der Waals surface area contributed by atoms with Crippen molar-refractivity contribution < 1.29 is 9.18 Å². The van der Waals surface area contributed by atoms with Gasteiger partial charge in [-0.3, -0.25) is 4.79 Å². The van der Waals surface area contributed by atoms with E-state index in [2.05, 4.69) is 0 Å². The van der Waals surface area contributed by atoms with E-state index in [9.17, 15) is 9.18 Å². The molecular weight excluding hydrogens is 217 g/mol. The Morgan fingerprint density at radius 2 is 2.06 bits per heavy atom. The van der Waals surface area contributed by atoms with Gasteiger partial charge in [-0.05, 0) is 31.4 Å². The molecule has 1 heterocycles. The number of rotatable bonds is 2. The summed E-state index contributed by atoms with van der Waals surface area (Å²) < 4.78 is 13.9. The van der Waals surface area contributed by atoms with Crippen LogP contribution in [-0.2, 0) is 10.2 Å². The van der Waals surface area contributed by atoms with Crippen molar-refractivity contribution in [1.29, 1.82) is 0 Å². The second-order valence-electron chi connectivity index (χ2n) is 5.04. The molecule has 0 N–H and O–H groups in total. The lowest BCUT2D eigenvalue weighted by atomic mass is 9.74. The molecule has 0 radical (unpaired) electrons. The number of anilines is 1. The maximum Gasteiger partial charge on any atom is 0.237 e. The Hall–Kier alpha value is -1.38. The zero-order valence-corrected chi connectivity index (χ0v) is 10.7. The lowest BCUT2D eigenvalue weighted by molar-refractivity contribution is -0.124. The molecular formula is C14H18FNO.